The summed E-state index contributed by atoms with van der Waals surface area (Å²) in [4.78, 5) is 17.4. The minimum absolute atomic E-state index is 0.261. The third-order valence-electron chi connectivity index (χ3n) is 3.27. The Balaban J connectivity index is 1.86. The SMILES string of the molecule is CCN(CC(=O)N1CCCC1)Cc1ccc(Cl)s1. The highest BCUT2D eigenvalue weighted by Gasteiger charge is 2.20. The van der Waals surface area contributed by atoms with Gasteiger partial charge in [-0.3, -0.25) is 9.69 Å². The third-order valence-corrected chi connectivity index (χ3v) is 4.49. The largest absolute Gasteiger partial charge is 0.342 e. The number of amides is 1. The molecule has 0 saturated carbocycles. The first-order valence-corrected chi connectivity index (χ1v) is 7.63. The van der Waals surface area contributed by atoms with E-state index in [0.29, 0.717) is 6.54 Å². The van der Waals surface area contributed by atoms with E-state index in [0.717, 1.165) is 43.4 Å². The highest BCUT2D eigenvalue weighted by Crippen LogP contribution is 2.22. The molecule has 18 heavy (non-hydrogen) atoms. The quantitative estimate of drug-likeness (QED) is 0.831. The first-order valence-electron chi connectivity index (χ1n) is 6.43. The van der Waals surface area contributed by atoms with Gasteiger partial charge in [0.2, 0.25) is 5.91 Å². The van der Waals surface area contributed by atoms with E-state index in [2.05, 4.69) is 11.8 Å². The van der Waals surface area contributed by atoms with Crippen molar-refractivity contribution in [3.8, 4) is 0 Å². The molecule has 0 unspecified atom stereocenters. The average Bonchev–Trinajstić information content (AvgIpc) is 2.99. The average molecular weight is 287 g/mol. The Labute approximate surface area is 117 Å². The highest BCUT2D eigenvalue weighted by molar-refractivity contribution is 7.16. The minimum Gasteiger partial charge on any atom is -0.342 e. The van der Waals surface area contributed by atoms with Gasteiger partial charge in [-0.1, -0.05) is 18.5 Å². The second kappa shape index (κ2) is 6.55. The molecular formula is C13H19ClN2OS. The number of likely N-dealkylation sites (N-methyl/N-ethyl adjacent to an activating group) is 1. The number of halogens is 1. The van der Waals surface area contributed by atoms with Gasteiger partial charge in [0.15, 0.2) is 0 Å². The van der Waals surface area contributed by atoms with E-state index in [9.17, 15) is 4.79 Å². The maximum atomic E-state index is 12.1. The second-order valence-electron chi connectivity index (χ2n) is 4.60. The van der Waals surface area contributed by atoms with Crippen LogP contribution in [-0.2, 0) is 11.3 Å². The van der Waals surface area contributed by atoms with E-state index in [1.807, 2.05) is 17.0 Å². The molecule has 0 spiro atoms. The number of rotatable bonds is 5. The van der Waals surface area contributed by atoms with Crippen molar-refractivity contribution in [2.24, 2.45) is 0 Å². The predicted molar refractivity (Wildman–Crippen MR) is 76.1 cm³/mol. The molecule has 1 saturated heterocycles. The third kappa shape index (κ3) is 3.70. The zero-order chi connectivity index (χ0) is 13.0. The number of likely N-dealkylation sites (tertiary alicyclic amines) is 1. The van der Waals surface area contributed by atoms with Crippen molar-refractivity contribution < 1.29 is 4.79 Å². The predicted octanol–water partition coefficient (Wildman–Crippen LogP) is 2.85. The maximum absolute atomic E-state index is 12.1. The standard InChI is InChI=1S/C13H19ClN2OS/c1-2-15(9-11-5-6-12(14)18-11)10-13(17)16-7-3-4-8-16/h5-6H,2-4,7-10H2,1H3. The zero-order valence-electron chi connectivity index (χ0n) is 10.7. The molecule has 5 heteroatoms. The molecule has 2 rings (SSSR count). The normalized spacial score (nSPS) is 15.6. The lowest BCUT2D eigenvalue weighted by atomic mass is 10.3. The minimum atomic E-state index is 0.261. The summed E-state index contributed by atoms with van der Waals surface area (Å²) in [6, 6.07) is 3.95. The summed E-state index contributed by atoms with van der Waals surface area (Å²) in [5, 5.41) is 0. The van der Waals surface area contributed by atoms with Crippen molar-refractivity contribution in [2.45, 2.75) is 26.3 Å². The molecule has 1 aliphatic rings. The molecule has 1 amide bonds. The fourth-order valence-electron chi connectivity index (χ4n) is 2.19. The van der Waals surface area contributed by atoms with Crippen LogP contribution in [0.2, 0.25) is 4.34 Å². The summed E-state index contributed by atoms with van der Waals surface area (Å²) in [6.45, 7) is 6.17. The van der Waals surface area contributed by atoms with Gasteiger partial charge in [0.25, 0.3) is 0 Å². The van der Waals surface area contributed by atoms with E-state index in [4.69, 9.17) is 11.6 Å². The summed E-state index contributed by atoms with van der Waals surface area (Å²) in [6.07, 6.45) is 2.30. The molecule has 0 atom stereocenters. The van der Waals surface area contributed by atoms with Gasteiger partial charge in [-0.2, -0.15) is 0 Å². The Morgan fingerprint density at radius 3 is 2.72 bits per heavy atom. The van der Waals surface area contributed by atoms with Gasteiger partial charge >= 0.3 is 0 Å². The number of hydrogen-bond donors (Lipinski definition) is 0. The fourth-order valence-corrected chi connectivity index (χ4v) is 3.32. The van der Waals surface area contributed by atoms with Crippen molar-refractivity contribution >= 4 is 28.8 Å². The molecule has 3 nitrogen and oxygen atoms in total. The van der Waals surface area contributed by atoms with Gasteiger partial charge in [0.1, 0.15) is 0 Å². The Hall–Kier alpha value is -0.580. The summed E-state index contributed by atoms with van der Waals surface area (Å²) in [5.74, 6) is 0.261. The number of thiophene rings is 1. The summed E-state index contributed by atoms with van der Waals surface area (Å²) in [5.41, 5.74) is 0. The van der Waals surface area contributed by atoms with Gasteiger partial charge in [0.05, 0.1) is 10.9 Å². The van der Waals surface area contributed by atoms with Crippen LogP contribution in [0.25, 0.3) is 0 Å². The topological polar surface area (TPSA) is 23.6 Å². The van der Waals surface area contributed by atoms with Crippen molar-refractivity contribution in [1.82, 2.24) is 9.80 Å². The van der Waals surface area contributed by atoms with E-state index < -0.39 is 0 Å². The highest BCUT2D eigenvalue weighted by atomic mass is 35.5. The Kier molecular flexibility index (Phi) is 5.03. The molecule has 0 N–H and O–H groups in total. The zero-order valence-corrected chi connectivity index (χ0v) is 12.3. The molecule has 1 fully saturated rings. The summed E-state index contributed by atoms with van der Waals surface area (Å²) < 4.78 is 0.812. The molecule has 1 aromatic heterocycles. The smallest absolute Gasteiger partial charge is 0.236 e. The number of nitrogens with zero attached hydrogens (tertiary/aromatic N) is 2. The molecule has 1 aliphatic heterocycles. The van der Waals surface area contributed by atoms with Crippen LogP contribution in [0.5, 0.6) is 0 Å². The van der Waals surface area contributed by atoms with Crippen LogP contribution >= 0.6 is 22.9 Å². The van der Waals surface area contributed by atoms with Gasteiger partial charge in [0, 0.05) is 24.5 Å². The summed E-state index contributed by atoms with van der Waals surface area (Å²) >= 11 is 7.51. The lowest BCUT2D eigenvalue weighted by Gasteiger charge is -2.23. The molecule has 0 aliphatic carbocycles. The van der Waals surface area contributed by atoms with Gasteiger partial charge in [-0.05, 0) is 31.5 Å². The second-order valence-corrected chi connectivity index (χ2v) is 6.40. The molecule has 0 bridgehead atoms. The van der Waals surface area contributed by atoms with Crippen LogP contribution in [0.15, 0.2) is 12.1 Å². The number of carbonyl (C=O) groups excluding carboxylic acids is 1. The van der Waals surface area contributed by atoms with Crippen molar-refractivity contribution in [1.29, 1.82) is 0 Å². The van der Waals surface area contributed by atoms with E-state index in [1.165, 1.54) is 4.88 Å². The van der Waals surface area contributed by atoms with E-state index in [-0.39, 0.29) is 5.91 Å². The molecule has 100 valence electrons. The van der Waals surface area contributed by atoms with Gasteiger partial charge < -0.3 is 4.90 Å². The molecule has 0 radical (unpaired) electrons. The monoisotopic (exact) mass is 286 g/mol. The Morgan fingerprint density at radius 1 is 1.44 bits per heavy atom. The Morgan fingerprint density at radius 2 is 2.17 bits per heavy atom. The van der Waals surface area contributed by atoms with Crippen molar-refractivity contribution in [3.05, 3.63) is 21.3 Å². The molecule has 2 heterocycles. The van der Waals surface area contributed by atoms with Crippen LogP contribution in [0.4, 0.5) is 0 Å². The van der Waals surface area contributed by atoms with E-state index >= 15 is 0 Å². The van der Waals surface area contributed by atoms with Crippen LogP contribution in [0, 0.1) is 0 Å². The van der Waals surface area contributed by atoms with Crippen molar-refractivity contribution in [3.63, 3.8) is 0 Å². The lowest BCUT2D eigenvalue weighted by molar-refractivity contribution is -0.131. The maximum Gasteiger partial charge on any atom is 0.236 e. The van der Waals surface area contributed by atoms with E-state index in [1.54, 1.807) is 11.3 Å². The first kappa shape index (κ1) is 13.8. The lowest BCUT2D eigenvalue weighted by Crippen LogP contribution is -2.38. The van der Waals surface area contributed by atoms with Gasteiger partial charge in [-0.15, -0.1) is 11.3 Å². The first-order chi connectivity index (χ1) is 8.69. The number of carbonyl (C=O) groups is 1. The fraction of sp³-hybridized carbons (Fsp3) is 0.615. The summed E-state index contributed by atoms with van der Waals surface area (Å²) in [7, 11) is 0. The van der Waals surface area contributed by atoms with Crippen LogP contribution in [-0.4, -0.2) is 41.9 Å². The molecular weight excluding hydrogens is 268 g/mol. The molecule has 1 aromatic rings. The number of hydrogen-bond acceptors (Lipinski definition) is 3. The van der Waals surface area contributed by atoms with Crippen LogP contribution in [0.1, 0.15) is 24.6 Å². The van der Waals surface area contributed by atoms with Crippen LogP contribution in [0.3, 0.4) is 0 Å². The Bertz CT molecular complexity index is 401. The molecule has 0 aromatic carbocycles. The van der Waals surface area contributed by atoms with Crippen molar-refractivity contribution in [2.75, 3.05) is 26.2 Å². The van der Waals surface area contributed by atoms with Gasteiger partial charge in [-0.25, -0.2) is 0 Å². The van der Waals surface area contributed by atoms with Crippen LogP contribution < -0.4 is 0 Å².